The van der Waals surface area contributed by atoms with Gasteiger partial charge in [-0.1, -0.05) is 39.8 Å². The van der Waals surface area contributed by atoms with Crippen LogP contribution in [0.15, 0.2) is 12.2 Å². The van der Waals surface area contributed by atoms with Gasteiger partial charge in [0.15, 0.2) is 0 Å². The molecule has 5 rings (SSSR count). The first-order chi connectivity index (χ1) is 16.8. The summed E-state index contributed by atoms with van der Waals surface area (Å²) in [4.78, 5) is 12.8. The minimum absolute atomic E-state index is 0.0476. The van der Waals surface area contributed by atoms with Crippen molar-refractivity contribution in [3.63, 3.8) is 0 Å². The van der Waals surface area contributed by atoms with Crippen LogP contribution in [0.4, 0.5) is 0 Å². The highest BCUT2D eigenvalue weighted by atomic mass is 16.4. The Kier molecular flexibility index (Phi) is 6.15. The van der Waals surface area contributed by atoms with E-state index in [0.29, 0.717) is 17.8 Å². The molecular weight excluding hydrogens is 452 g/mol. The maximum Gasteiger partial charge on any atom is 0.309 e. The second kappa shape index (κ2) is 8.29. The normalized spacial score (nSPS) is 56.2. The van der Waals surface area contributed by atoms with E-state index in [0.717, 1.165) is 63.4 Å². The van der Waals surface area contributed by atoms with Crippen LogP contribution >= 0.6 is 0 Å². The molecule has 5 aliphatic carbocycles. The van der Waals surface area contributed by atoms with E-state index in [2.05, 4.69) is 34.3 Å². The van der Waals surface area contributed by atoms with Gasteiger partial charge in [0.2, 0.25) is 0 Å². The summed E-state index contributed by atoms with van der Waals surface area (Å²) in [6.45, 7) is 15.7. The molecule has 204 valence electrons. The summed E-state index contributed by atoms with van der Waals surface area (Å²) >= 11 is 0. The Hall–Kier alpha value is -0.910. The number of hydrogen-bond acceptors (Lipinski definition) is 4. The van der Waals surface area contributed by atoms with Crippen LogP contribution in [-0.4, -0.2) is 45.7 Å². The van der Waals surface area contributed by atoms with E-state index in [1.807, 2.05) is 6.92 Å². The molecule has 0 aromatic heterocycles. The number of aliphatic carboxylic acids is 1. The lowest BCUT2D eigenvalue weighted by molar-refractivity contribution is -0.265. The van der Waals surface area contributed by atoms with Crippen molar-refractivity contribution in [1.82, 2.24) is 0 Å². The lowest BCUT2D eigenvalue weighted by Gasteiger charge is -2.73. The largest absolute Gasteiger partial charge is 0.481 e. The molecule has 5 saturated carbocycles. The molecule has 0 radical (unpaired) electrons. The Morgan fingerprint density at radius 3 is 2.19 bits per heavy atom. The fraction of sp³-hybridized carbons (Fsp3) is 0.903. The Bertz CT molecular complexity index is 932. The summed E-state index contributed by atoms with van der Waals surface area (Å²) in [5.41, 5.74) is -0.0268. The summed E-state index contributed by atoms with van der Waals surface area (Å²) < 4.78 is 0. The zero-order valence-corrected chi connectivity index (χ0v) is 23.2. The molecule has 0 bridgehead atoms. The van der Waals surface area contributed by atoms with Crippen LogP contribution in [0.1, 0.15) is 92.4 Å². The molecule has 36 heavy (non-hydrogen) atoms. The Morgan fingerprint density at radius 1 is 0.917 bits per heavy atom. The summed E-state index contributed by atoms with van der Waals surface area (Å²) in [7, 11) is 0. The quantitative estimate of drug-likeness (QED) is 0.392. The lowest BCUT2D eigenvalue weighted by atomic mass is 9.31. The number of allylic oxidation sites excluding steroid dienone is 1. The first-order valence-corrected chi connectivity index (χ1v) is 14.6. The molecular formula is C31H50O5. The molecule has 5 aliphatic rings. The zero-order valence-electron chi connectivity index (χ0n) is 23.2. The van der Waals surface area contributed by atoms with Gasteiger partial charge in [-0.25, -0.2) is 0 Å². The van der Waals surface area contributed by atoms with Gasteiger partial charge in [-0.15, -0.1) is 0 Å². The lowest BCUT2D eigenvalue weighted by Crippen LogP contribution is -2.69. The van der Waals surface area contributed by atoms with Gasteiger partial charge in [-0.05, 0) is 111 Å². The van der Waals surface area contributed by atoms with Crippen LogP contribution in [0.5, 0.6) is 0 Å². The maximum absolute atomic E-state index is 12.8. The maximum atomic E-state index is 12.8. The predicted molar refractivity (Wildman–Crippen MR) is 140 cm³/mol. The number of rotatable bonds is 4. The summed E-state index contributed by atoms with van der Waals surface area (Å²) in [6.07, 6.45) is 7.69. The van der Waals surface area contributed by atoms with Crippen molar-refractivity contribution in [3.8, 4) is 0 Å². The van der Waals surface area contributed by atoms with Crippen LogP contribution < -0.4 is 0 Å². The second-order valence-electron chi connectivity index (χ2n) is 14.9. The third kappa shape index (κ3) is 3.03. The average Bonchev–Trinajstić information content (AvgIpc) is 3.23. The van der Waals surface area contributed by atoms with Crippen molar-refractivity contribution < 1.29 is 25.2 Å². The molecule has 0 amide bonds. The van der Waals surface area contributed by atoms with Crippen molar-refractivity contribution in [1.29, 1.82) is 0 Å². The molecule has 0 spiro atoms. The molecule has 5 heteroatoms. The first kappa shape index (κ1) is 26.7. The highest BCUT2D eigenvalue weighted by Crippen LogP contribution is 2.77. The first-order valence-electron chi connectivity index (χ1n) is 14.6. The molecule has 4 N–H and O–H groups in total. The van der Waals surface area contributed by atoms with E-state index in [9.17, 15) is 25.2 Å². The van der Waals surface area contributed by atoms with Gasteiger partial charge in [0.1, 0.15) is 0 Å². The Morgan fingerprint density at radius 2 is 1.61 bits per heavy atom. The molecule has 0 unspecified atom stereocenters. The van der Waals surface area contributed by atoms with Crippen molar-refractivity contribution in [2.75, 3.05) is 13.2 Å². The van der Waals surface area contributed by atoms with E-state index in [1.165, 1.54) is 0 Å². The van der Waals surface area contributed by atoms with Gasteiger partial charge in [0.05, 0.1) is 18.1 Å². The van der Waals surface area contributed by atoms with Crippen LogP contribution in [0.25, 0.3) is 0 Å². The van der Waals surface area contributed by atoms with Gasteiger partial charge < -0.3 is 20.4 Å². The topological polar surface area (TPSA) is 98.0 Å². The van der Waals surface area contributed by atoms with Crippen LogP contribution in [0, 0.1) is 62.6 Å². The Labute approximate surface area is 217 Å². The molecule has 0 saturated heterocycles. The Balaban J connectivity index is 1.58. The monoisotopic (exact) mass is 502 g/mol. The summed E-state index contributed by atoms with van der Waals surface area (Å²) in [6, 6.07) is 0. The molecule has 5 nitrogen and oxygen atoms in total. The molecule has 5 fully saturated rings. The third-order valence-electron chi connectivity index (χ3n) is 14.0. The minimum Gasteiger partial charge on any atom is -0.481 e. The van der Waals surface area contributed by atoms with Gasteiger partial charge in [-0.3, -0.25) is 4.79 Å². The highest BCUT2D eigenvalue weighted by molar-refractivity contribution is 5.76. The van der Waals surface area contributed by atoms with E-state index < -0.39 is 22.9 Å². The summed E-state index contributed by atoms with van der Waals surface area (Å²) in [5, 5.41) is 42.5. The number of aliphatic hydroxyl groups excluding tert-OH is 3. The van der Waals surface area contributed by atoms with Gasteiger partial charge in [-0.2, -0.15) is 0 Å². The van der Waals surface area contributed by atoms with Crippen molar-refractivity contribution in [3.05, 3.63) is 12.2 Å². The molecule has 0 aromatic carbocycles. The standard InChI is InChI=1S/C31H50O5/c1-18(2)20-9-12-31(26(35)36)14-13-29(5)21(24(20)31)7-8-23-27(3)15-19(16-32)25(34)28(4,17-33)22(27)10-11-30(23,29)6/h19-25,32-34H,1,7-17H2,2-6H3,(H,35,36)/t19-,20+,21-,22-,23-,24-,25+,27+,28+,29-,30-,31+/m1/s1. The molecule has 12 atom stereocenters. The second-order valence-corrected chi connectivity index (χ2v) is 14.9. The third-order valence-corrected chi connectivity index (χ3v) is 14.0. The SMILES string of the molecule is C=C(C)[C@@H]1CC[C@]2(C(=O)O)CC[C@]3(C)[C@H](CC[C@@H]4[C@@]5(C)C[C@H](CO)[C@H](O)[C@@](C)(CO)[C@@H]5CC[C@]43C)[C@@H]12. The molecule has 0 aliphatic heterocycles. The summed E-state index contributed by atoms with van der Waals surface area (Å²) in [5.74, 6) is 0.661. The van der Waals surface area contributed by atoms with Crippen molar-refractivity contribution >= 4 is 5.97 Å². The number of fused-ring (bicyclic) bond motifs is 7. The molecule has 0 heterocycles. The zero-order chi connectivity index (χ0) is 26.5. The van der Waals surface area contributed by atoms with Gasteiger partial charge >= 0.3 is 5.97 Å². The molecule has 0 aromatic rings. The smallest absolute Gasteiger partial charge is 0.309 e. The van der Waals surface area contributed by atoms with E-state index >= 15 is 0 Å². The number of carboxylic acid groups (broad SMARTS) is 1. The van der Waals surface area contributed by atoms with Crippen LogP contribution in [0.3, 0.4) is 0 Å². The minimum atomic E-state index is -0.692. The van der Waals surface area contributed by atoms with Crippen molar-refractivity contribution in [2.45, 2.75) is 98.5 Å². The van der Waals surface area contributed by atoms with Crippen LogP contribution in [0.2, 0.25) is 0 Å². The number of carbonyl (C=O) groups is 1. The number of carboxylic acids is 1. The van der Waals surface area contributed by atoms with Crippen LogP contribution in [-0.2, 0) is 4.79 Å². The predicted octanol–water partition coefficient (Wildman–Crippen LogP) is 5.28. The number of aliphatic hydroxyl groups is 3. The number of hydrogen-bond donors (Lipinski definition) is 4. The fourth-order valence-electron chi connectivity index (χ4n) is 12.0. The average molecular weight is 503 g/mol. The van der Waals surface area contributed by atoms with E-state index in [4.69, 9.17) is 0 Å². The van der Waals surface area contributed by atoms with E-state index in [-0.39, 0.29) is 47.2 Å². The van der Waals surface area contributed by atoms with E-state index in [1.54, 1.807) is 0 Å². The van der Waals surface area contributed by atoms with Gasteiger partial charge in [0, 0.05) is 17.9 Å². The highest BCUT2D eigenvalue weighted by Gasteiger charge is 2.72. The van der Waals surface area contributed by atoms with Gasteiger partial charge in [0.25, 0.3) is 0 Å². The fourth-order valence-corrected chi connectivity index (χ4v) is 12.0. The van der Waals surface area contributed by atoms with Crippen molar-refractivity contribution in [2.24, 2.45) is 62.6 Å².